The summed E-state index contributed by atoms with van der Waals surface area (Å²) in [5.74, 6) is 3.55. The zero-order chi connectivity index (χ0) is 20.9. The van der Waals surface area contributed by atoms with Crippen LogP contribution in [-0.4, -0.2) is 43.5 Å². The Morgan fingerprint density at radius 1 is 0.967 bits per heavy atom. The number of methoxy groups -OCH3 is 2. The van der Waals surface area contributed by atoms with E-state index >= 15 is 0 Å². The van der Waals surface area contributed by atoms with Crippen molar-refractivity contribution in [2.24, 2.45) is 23.2 Å². The first-order valence-electron chi connectivity index (χ1n) is 11.3. The Labute approximate surface area is 178 Å². The lowest BCUT2D eigenvalue weighted by atomic mass is 9.49. The summed E-state index contributed by atoms with van der Waals surface area (Å²) in [6, 6.07) is 4.94. The van der Waals surface area contributed by atoms with E-state index < -0.39 is 0 Å². The highest BCUT2D eigenvalue weighted by molar-refractivity contribution is 5.98. The van der Waals surface area contributed by atoms with E-state index in [1.54, 1.807) is 32.4 Å². The van der Waals surface area contributed by atoms with Crippen LogP contribution in [0.1, 0.15) is 51.4 Å². The third-order valence-electron chi connectivity index (χ3n) is 7.93. The summed E-state index contributed by atoms with van der Waals surface area (Å²) in [6.45, 7) is 0.695. The van der Waals surface area contributed by atoms with Gasteiger partial charge in [-0.1, -0.05) is 0 Å². The van der Waals surface area contributed by atoms with Gasteiger partial charge in [0.15, 0.2) is 0 Å². The number of carbonyl (C=O) groups excluding carboxylic acids is 2. The van der Waals surface area contributed by atoms with Gasteiger partial charge in [0.05, 0.1) is 19.6 Å². The van der Waals surface area contributed by atoms with Crippen molar-refractivity contribution in [3.8, 4) is 11.5 Å². The number of anilines is 1. The Morgan fingerprint density at radius 2 is 1.53 bits per heavy atom. The van der Waals surface area contributed by atoms with E-state index in [4.69, 9.17) is 9.47 Å². The van der Waals surface area contributed by atoms with Crippen LogP contribution in [-0.2, 0) is 9.59 Å². The van der Waals surface area contributed by atoms with Crippen LogP contribution in [0, 0.1) is 23.2 Å². The summed E-state index contributed by atoms with van der Waals surface area (Å²) in [4.78, 5) is 28.8. The van der Waals surface area contributed by atoms with Crippen LogP contribution >= 0.6 is 0 Å². The average Bonchev–Trinajstić information content (AvgIpc) is 3.21. The standard InChI is InChI=1S/C24H32N2O4/c1-29-19-9-18(10-20(11-19)30-2)25-22(27)21-4-3-5-26(21)23(28)24-12-15-6-16(13-24)8-17(7-15)14-24/h9-11,15-17,21H,3-8,12-14H2,1-2H3,(H,25,27)/t15?,16?,17?,21-,24?/m0/s1. The molecule has 4 aliphatic carbocycles. The lowest BCUT2D eigenvalue weighted by Crippen LogP contribution is -2.56. The van der Waals surface area contributed by atoms with Crippen LogP contribution in [0.4, 0.5) is 5.69 Å². The Kier molecular flexibility index (Phi) is 4.91. The lowest BCUT2D eigenvalue weighted by molar-refractivity contribution is -0.160. The smallest absolute Gasteiger partial charge is 0.247 e. The number of ether oxygens (including phenoxy) is 2. The van der Waals surface area contributed by atoms with Crippen molar-refractivity contribution < 1.29 is 19.1 Å². The molecule has 0 unspecified atom stereocenters. The van der Waals surface area contributed by atoms with Gasteiger partial charge < -0.3 is 19.7 Å². The minimum absolute atomic E-state index is 0.110. The van der Waals surface area contributed by atoms with E-state index in [2.05, 4.69) is 5.32 Å². The summed E-state index contributed by atoms with van der Waals surface area (Å²) in [6.07, 6.45) is 8.67. The molecule has 0 spiro atoms. The molecular weight excluding hydrogens is 380 g/mol. The van der Waals surface area contributed by atoms with Gasteiger partial charge in [-0.05, 0) is 69.1 Å². The second kappa shape index (κ2) is 7.47. The maximum atomic E-state index is 13.8. The highest BCUT2D eigenvalue weighted by Crippen LogP contribution is 2.60. The third kappa shape index (κ3) is 3.34. The molecular formula is C24H32N2O4. The largest absolute Gasteiger partial charge is 0.497 e. The Bertz CT molecular complexity index is 794. The topological polar surface area (TPSA) is 67.9 Å². The maximum absolute atomic E-state index is 13.8. The fourth-order valence-corrected chi connectivity index (χ4v) is 7.06. The van der Waals surface area contributed by atoms with Gasteiger partial charge in [0.2, 0.25) is 11.8 Å². The van der Waals surface area contributed by atoms with Crippen LogP contribution in [0.5, 0.6) is 11.5 Å². The van der Waals surface area contributed by atoms with Crippen molar-refractivity contribution in [1.29, 1.82) is 0 Å². The Balaban J connectivity index is 1.33. The molecule has 4 saturated carbocycles. The van der Waals surface area contributed by atoms with Crippen molar-refractivity contribution >= 4 is 17.5 Å². The molecule has 162 valence electrons. The molecule has 5 fully saturated rings. The first-order chi connectivity index (χ1) is 14.5. The predicted molar refractivity (Wildman–Crippen MR) is 114 cm³/mol. The molecule has 6 nitrogen and oxygen atoms in total. The lowest BCUT2D eigenvalue weighted by Gasteiger charge is -2.56. The van der Waals surface area contributed by atoms with Crippen LogP contribution < -0.4 is 14.8 Å². The molecule has 1 heterocycles. The molecule has 1 N–H and O–H groups in total. The summed E-state index contributed by atoms with van der Waals surface area (Å²) < 4.78 is 10.6. The van der Waals surface area contributed by atoms with Crippen molar-refractivity contribution in [2.45, 2.75) is 57.4 Å². The Morgan fingerprint density at radius 3 is 2.07 bits per heavy atom. The van der Waals surface area contributed by atoms with Gasteiger partial charge in [-0.2, -0.15) is 0 Å². The van der Waals surface area contributed by atoms with Gasteiger partial charge in [0.25, 0.3) is 0 Å². The fourth-order valence-electron chi connectivity index (χ4n) is 7.06. The minimum Gasteiger partial charge on any atom is -0.497 e. The van der Waals surface area contributed by atoms with Crippen LogP contribution in [0.3, 0.4) is 0 Å². The fraction of sp³-hybridized carbons (Fsp3) is 0.667. The molecule has 0 radical (unpaired) electrons. The maximum Gasteiger partial charge on any atom is 0.247 e. The van der Waals surface area contributed by atoms with Gasteiger partial charge >= 0.3 is 0 Å². The second-order valence-corrected chi connectivity index (χ2v) is 9.95. The van der Waals surface area contributed by atoms with Gasteiger partial charge in [-0.15, -0.1) is 0 Å². The molecule has 4 bridgehead atoms. The van der Waals surface area contributed by atoms with Gasteiger partial charge in [-0.3, -0.25) is 9.59 Å². The van der Waals surface area contributed by atoms with Crippen LogP contribution in [0.15, 0.2) is 18.2 Å². The summed E-state index contributed by atoms with van der Waals surface area (Å²) in [5, 5.41) is 3.00. The first-order valence-corrected chi connectivity index (χ1v) is 11.3. The molecule has 6 heteroatoms. The zero-order valence-electron chi connectivity index (χ0n) is 18.0. The number of nitrogens with one attached hydrogen (secondary N) is 1. The van der Waals surface area contributed by atoms with E-state index in [0.717, 1.165) is 49.9 Å². The molecule has 2 amide bonds. The normalized spacial score (nSPS) is 34.1. The van der Waals surface area contributed by atoms with E-state index in [0.29, 0.717) is 23.7 Å². The predicted octanol–water partition coefficient (Wildman–Crippen LogP) is 3.85. The SMILES string of the molecule is COc1cc(NC(=O)[C@@H]2CCCN2C(=O)C23CC4CC(CC(C4)C2)C3)cc(OC)c1. The summed E-state index contributed by atoms with van der Waals surface area (Å²) in [7, 11) is 3.17. The first kappa shape index (κ1) is 19.7. The Hall–Kier alpha value is -2.24. The van der Waals surface area contributed by atoms with E-state index in [9.17, 15) is 9.59 Å². The molecule has 6 rings (SSSR count). The highest BCUT2D eigenvalue weighted by Gasteiger charge is 2.56. The molecule has 1 aromatic rings. The molecule has 1 saturated heterocycles. The average molecular weight is 413 g/mol. The highest BCUT2D eigenvalue weighted by atomic mass is 16.5. The van der Waals surface area contributed by atoms with Crippen molar-refractivity contribution in [3.63, 3.8) is 0 Å². The van der Waals surface area contributed by atoms with Gasteiger partial charge in [0, 0.05) is 30.4 Å². The number of likely N-dealkylation sites (tertiary alicyclic amines) is 1. The van der Waals surface area contributed by atoms with E-state index in [1.807, 2.05) is 4.90 Å². The monoisotopic (exact) mass is 412 g/mol. The number of rotatable bonds is 5. The number of hydrogen-bond acceptors (Lipinski definition) is 4. The van der Waals surface area contributed by atoms with Crippen LogP contribution in [0.25, 0.3) is 0 Å². The molecule has 1 atom stereocenters. The number of nitrogens with zero attached hydrogens (tertiary/aromatic N) is 1. The molecule has 30 heavy (non-hydrogen) atoms. The van der Waals surface area contributed by atoms with E-state index in [-0.39, 0.29) is 23.3 Å². The van der Waals surface area contributed by atoms with Crippen molar-refractivity contribution in [3.05, 3.63) is 18.2 Å². The third-order valence-corrected chi connectivity index (χ3v) is 7.93. The molecule has 0 aromatic heterocycles. The number of hydrogen-bond donors (Lipinski definition) is 1. The molecule has 5 aliphatic rings. The van der Waals surface area contributed by atoms with Crippen LogP contribution in [0.2, 0.25) is 0 Å². The van der Waals surface area contributed by atoms with E-state index in [1.165, 1.54) is 19.3 Å². The number of carbonyl (C=O) groups is 2. The quantitative estimate of drug-likeness (QED) is 0.798. The zero-order valence-corrected chi connectivity index (χ0v) is 18.0. The van der Waals surface area contributed by atoms with Gasteiger partial charge in [0.1, 0.15) is 17.5 Å². The second-order valence-electron chi connectivity index (χ2n) is 9.95. The summed E-state index contributed by atoms with van der Waals surface area (Å²) in [5.41, 5.74) is 0.432. The van der Waals surface area contributed by atoms with Crippen molar-refractivity contribution in [1.82, 2.24) is 4.90 Å². The number of amides is 2. The van der Waals surface area contributed by atoms with Gasteiger partial charge in [-0.25, -0.2) is 0 Å². The molecule has 1 aliphatic heterocycles. The molecule has 1 aromatic carbocycles. The number of benzene rings is 1. The summed E-state index contributed by atoms with van der Waals surface area (Å²) >= 11 is 0. The minimum atomic E-state index is -0.386. The van der Waals surface area contributed by atoms with Crippen molar-refractivity contribution in [2.75, 3.05) is 26.1 Å².